The Morgan fingerprint density at radius 2 is 1.81 bits per heavy atom. The molecule has 0 saturated heterocycles. The fourth-order valence-corrected chi connectivity index (χ4v) is 4.44. The zero-order valence-electron chi connectivity index (χ0n) is 18.6. The van der Waals surface area contributed by atoms with Gasteiger partial charge in [-0.05, 0) is 44.5 Å². The molecule has 0 fully saturated rings. The van der Waals surface area contributed by atoms with Gasteiger partial charge in [0.2, 0.25) is 5.91 Å². The van der Waals surface area contributed by atoms with Gasteiger partial charge in [0, 0.05) is 37.3 Å². The van der Waals surface area contributed by atoms with Gasteiger partial charge < -0.3 is 15.5 Å². The summed E-state index contributed by atoms with van der Waals surface area (Å²) in [6, 6.07) is 14.7. The van der Waals surface area contributed by atoms with Gasteiger partial charge >= 0.3 is 0 Å². The van der Waals surface area contributed by atoms with Gasteiger partial charge in [0.25, 0.3) is 11.8 Å². The van der Waals surface area contributed by atoms with Crippen LogP contribution in [0, 0.1) is 6.92 Å². The first-order valence-corrected chi connectivity index (χ1v) is 11.5. The fraction of sp³-hybridized carbons (Fsp3) is 0.333. The van der Waals surface area contributed by atoms with Gasteiger partial charge in [-0.2, -0.15) is 4.99 Å². The Morgan fingerprint density at radius 3 is 2.50 bits per heavy atom. The highest BCUT2D eigenvalue weighted by atomic mass is 32.2. The first kappa shape index (κ1) is 23.5. The zero-order chi connectivity index (χ0) is 23.1. The van der Waals surface area contributed by atoms with Crippen molar-refractivity contribution in [3.63, 3.8) is 0 Å². The normalized spacial score (nSPS) is 15.3. The van der Waals surface area contributed by atoms with Crippen molar-refractivity contribution in [3.8, 4) is 0 Å². The van der Waals surface area contributed by atoms with E-state index in [0.29, 0.717) is 23.0 Å². The quantitative estimate of drug-likeness (QED) is 0.639. The Bertz CT molecular complexity index is 1020. The van der Waals surface area contributed by atoms with E-state index >= 15 is 0 Å². The Kier molecular flexibility index (Phi) is 8.05. The summed E-state index contributed by atoms with van der Waals surface area (Å²) in [5, 5.41) is 5.82. The first-order valence-electron chi connectivity index (χ1n) is 10.7. The molecule has 0 bridgehead atoms. The van der Waals surface area contributed by atoms with Gasteiger partial charge in [0.15, 0.2) is 5.17 Å². The molecule has 2 N–H and O–H groups in total. The lowest BCUT2D eigenvalue weighted by molar-refractivity contribution is -0.121. The third-order valence-corrected chi connectivity index (χ3v) is 6.33. The summed E-state index contributed by atoms with van der Waals surface area (Å²) in [5.41, 5.74) is 3.14. The van der Waals surface area contributed by atoms with Crippen LogP contribution in [0.5, 0.6) is 0 Å². The Hall–Kier alpha value is -3.13. The maximum Gasteiger partial charge on any atom is 0.262 e. The summed E-state index contributed by atoms with van der Waals surface area (Å²) in [5.74, 6) is -0.791. The SMILES string of the molecule is CCN(CC)C1=NC(=O)[C@@H](CC(=O)Nc2cccc(C(=O)NCc3ccc(C)cc3)c2)S1. The van der Waals surface area contributed by atoms with Gasteiger partial charge in [-0.3, -0.25) is 14.4 Å². The summed E-state index contributed by atoms with van der Waals surface area (Å²) >= 11 is 1.33. The zero-order valence-corrected chi connectivity index (χ0v) is 19.4. The first-order chi connectivity index (χ1) is 15.4. The highest BCUT2D eigenvalue weighted by Crippen LogP contribution is 2.27. The van der Waals surface area contributed by atoms with E-state index in [-0.39, 0.29) is 24.1 Å². The van der Waals surface area contributed by atoms with Crippen molar-refractivity contribution in [1.82, 2.24) is 10.2 Å². The minimum absolute atomic E-state index is 0.0294. The lowest BCUT2D eigenvalue weighted by atomic mass is 10.1. The number of benzene rings is 2. The van der Waals surface area contributed by atoms with Crippen molar-refractivity contribution in [3.05, 3.63) is 65.2 Å². The van der Waals surface area contributed by atoms with Crippen LogP contribution in [0.4, 0.5) is 5.69 Å². The van der Waals surface area contributed by atoms with E-state index in [4.69, 9.17) is 0 Å². The second-order valence-electron chi connectivity index (χ2n) is 7.51. The molecule has 0 aliphatic carbocycles. The molecule has 3 rings (SSSR count). The molecular formula is C24H28N4O3S. The molecular weight excluding hydrogens is 424 g/mol. The van der Waals surface area contributed by atoms with Gasteiger partial charge in [0.1, 0.15) is 5.25 Å². The van der Waals surface area contributed by atoms with Crippen molar-refractivity contribution in [2.75, 3.05) is 18.4 Å². The molecule has 0 spiro atoms. The van der Waals surface area contributed by atoms with Crippen LogP contribution in [-0.2, 0) is 16.1 Å². The molecule has 0 unspecified atom stereocenters. The molecule has 1 atom stereocenters. The van der Waals surface area contributed by atoms with Crippen LogP contribution in [0.1, 0.15) is 41.8 Å². The number of aryl methyl sites for hydroxylation is 1. The average molecular weight is 453 g/mol. The molecule has 1 aliphatic rings. The van der Waals surface area contributed by atoms with Crippen LogP contribution in [0.15, 0.2) is 53.5 Å². The van der Waals surface area contributed by atoms with E-state index < -0.39 is 5.25 Å². The van der Waals surface area contributed by atoms with Crippen LogP contribution in [-0.4, -0.2) is 46.1 Å². The van der Waals surface area contributed by atoms with Crippen LogP contribution < -0.4 is 10.6 Å². The van der Waals surface area contributed by atoms with E-state index in [1.165, 1.54) is 11.8 Å². The van der Waals surface area contributed by atoms with E-state index in [1.54, 1.807) is 24.3 Å². The number of rotatable bonds is 8. The molecule has 8 heteroatoms. The fourth-order valence-electron chi connectivity index (χ4n) is 3.25. The van der Waals surface area contributed by atoms with Crippen LogP contribution in [0.3, 0.4) is 0 Å². The average Bonchev–Trinajstić information content (AvgIpc) is 3.13. The number of nitrogens with zero attached hydrogens (tertiary/aromatic N) is 2. The molecule has 2 aromatic rings. The van der Waals surface area contributed by atoms with Crippen LogP contribution >= 0.6 is 11.8 Å². The van der Waals surface area contributed by atoms with Gasteiger partial charge in [0.05, 0.1) is 0 Å². The number of carbonyl (C=O) groups excluding carboxylic acids is 3. The highest BCUT2D eigenvalue weighted by Gasteiger charge is 2.32. The number of amides is 3. The van der Waals surface area contributed by atoms with E-state index in [0.717, 1.165) is 24.2 Å². The summed E-state index contributed by atoms with van der Waals surface area (Å²) in [4.78, 5) is 43.3. The summed E-state index contributed by atoms with van der Waals surface area (Å²) < 4.78 is 0. The predicted octanol–water partition coefficient (Wildman–Crippen LogP) is 3.59. The summed E-state index contributed by atoms with van der Waals surface area (Å²) in [7, 11) is 0. The van der Waals surface area contributed by atoms with Crippen molar-refractivity contribution < 1.29 is 14.4 Å². The number of hydrogen-bond donors (Lipinski definition) is 2. The van der Waals surface area contributed by atoms with Crippen molar-refractivity contribution in [1.29, 1.82) is 0 Å². The standard InChI is InChI=1S/C24H28N4O3S/c1-4-28(5-2)24-27-23(31)20(32-24)14-21(29)26-19-8-6-7-18(13-19)22(30)25-15-17-11-9-16(3)10-12-17/h6-13,20H,4-5,14-15H2,1-3H3,(H,25,30)(H,26,29)/t20-/m1/s1. The van der Waals surface area contributed by atoms with E-state index in [1.807, 2.05) is 49.9 Å². The summed E-state index contributed by atoms with van der Waals surface area (Å²) in [6.45, 7) is 7.95. The largest absolute Gasteiger partial charge is 0.352 e. The lowest BCUT2D eigenvalue weighted by Gasteiger charge is -2.19. The molecule has 32 heavy (non-hydrogen) atoms. The number of amidine groups is 1. The molecule has 2 aromatic carbocycles. The molecule has 3 amide bonds. The Balaban J connectivity index is 1.54. The van der Waals surface area contributed by atoms with E-state index in [2.05, 4.69) is 15.6 Å². The third-order valence-electron chi connectivity index (χ3n) is 5.12. The highest BCUT2D eigenvalue weighted by molar-refractivity contribution is 8.15. The van der Waals surface area contributed by atoms with Gasteiger partial charge in [-0.1, -0.05) is 47.7 Å². The molecule has 168 valence electrons. The van der Waals surface area contributed by atoms with Crippen molar-refractivity contribution in [2.45, 2.75) is 39.0 Å². The number of hydrogen-bond acceptors (Lipinski definition) is 5. The number of anilines is 1. The molecule has 1 heterocycles. The molecule has 0 aromatic heterocycles. The lowest BCUT2D eigenvalue weighted by Crippen LogP contribution is -2.28. The number of nitrogens with one attached hydrogen (secondary N) is 2. The summed E-state index contributed by atoms with van der Waals surface area (Å²) in [6.07, 6.45) is 0.0294. The Morgan fingerprint density at radius 1 is 1.09 bits per heavy atom. The minimum atomic E-state index is -0.522. The van der Waals surface area contributed by atoms with Gasteiger partial charge in [-0.25, -0.2) is 0 Å². The van der Waals surface area contributed by atoms with Gasteiger partial charge in [-0.15, -0.1) is 0 Å². The molecule has 0 saturated carbocycles. The number of carbonyl (C=O) groups is 3. The van der Waals surface area contributed by atoms with Crippen molar-refractivity contribution >= 4 is 40.3 Å². The molecule has 7 nitrogen and oxygen atoms in total. The molecule has 1 aliphatic heterocycles. The number of aliphatic imine (C=N–C) groups is 1. The maximum atomic E-state index is 12.5. The number of thioether (sulfide) groups is 1. The topological polar surface area (TPSA) is 90.9 Å². The monoisotopic (exact) mass is 452 g/mol. The van der Waals surface area contributed by atoms with Crippen LogP contribution in [0.2, 0.25) is 0 Å². The second kappa shape index (κ2) is 10.9. The van der Waals surface area contributed by atoms with Crippen LogP contribution in [0.25, 0.3) is 0 Å². The maximum absolute atomic E-state index is 12.5. The Labute approximate surface area is 192 Å². The minimum Gasteiger partial charge on any atom is -0.352 e. The van der Waals surface area contributed by atoms with Crippen molar-refractivity contribution in [2.24, 2.45) is 4.99 Å². The smallest absolute Gasteiger partial charge is 0.262 e. The van der Waals surface area contributed by atoms with E-state index in [9.17, 15) is 14.4 Å². The predicted molar refractivity (Wildman–Crippen MR) is 129 cm³/mol. The second-order valence-corrected chi connectivity index (χ2v) is 8.68. The third kappa shape index (κ3) is 6.20. The molecule has 0 radical (unpaired) electrons.